The summed E-state index contributed by atoms with van der Waals surface area (Å²) < 4.78 is 4.83. The van der Waals surface area contributed by atoms with E-state index in [0.29, 0.717) is 12.4 Å². The molecular formula is C11H15NO2S. The van der Waals surface area contributed by atoms with Gasteiger partial charge in [-0.25, -0.2) is 0 Å². The first kappa shape index (κ1) is 11.9. The highest BCUT2D eigenvalue weighted by atomic mass is 32.2. The summed E-state index contributed by atoms with van der Waals surface area (Å²) in [7, 11) is 0. The summed E-state index contributed by atoms with van der Waals surface area (Å²) in [5.74, 6) is 0.138. The summed E-state index contributed by atoms with van der Waals surface area (Å²) >= 11 is 1.44. The van der Waals surface area contributed by atoms with Gasteiger partial charge in [0.2, 0.25) is 0 Å². The first-order valence-corrected chi connectivity index (χ1v) is 5.76. The third-order valence-electron chi connectivity index (χ3n) is 1.74. The van der Waals surface area contributed by atoms with Crippen LogP contribution in [0.15, 0.2) is 23.1 Å². The van der Waals surface area contributed by atoms with E-state index in [1.807, 2.05) is 25.1 Å². The Bertz CT molecular complexity index is 332. The minimum atomic E-state index is -0.192. The first-order valence-electron chi connectivity index (χ1n) is 4.77. The fraction of sp³-hybridized carbons (Fsp3) is 0.364. The van der Waals surface area contributed by atoms with Gasteiger partial charge in [0.1, 0.15) is 0 Å². The molecule has 0 heterocycles. The predicted molar refractivity (Wildman–Crippen MR) is 62.9 cm³/mol. The Kier molecular flexibility index (Phi) is 4.49. The van der Waals surface area contributed by atoms with E-state index in [1.54, 1.807) is 6.92 Å². The van der Waals surface area contributed by atoms with Crippen LogP contribution in [0.1, 0.15) is 12.5 Å². The maximum Gasteiger partial charge on any atom is 0.316 e. The van der Waals surface area contributed by atoms with Gasteiger partial charge < -0.3 is 10.5 Å². The van der Waals surface area contributed by atoms with Crippen molar-refractivity contribution in [2.24, 2.45) is 0 Å². The number of carbonyl (C=O) groups is 1. The van der Waals surface area contributed by atoms with Crippen LogP contribution in [-0.4, -0.2) is 18.3 Å². The van der Waals surface area contributed by atoms with Crippen molar-refractivity contribution in [2.75, 3.05) is 18.1 Å². The molecule has 2 N–H and O–H groups in total. The third kappa shape index (κ3) is 4.25. The van der Waals surface area contributed by atoms with Gasteiger partial charge in [0.05, 0.1) is 12.4 Å². The highest BCUT2D eigenvalue weighted by Crippen LogP contribution is 2.22. The Labute approximate surface area is 94.0 Å². The lowest BCUT2D eigenvalue weighted by Gasteiger charge is -2.04. The second kappa shape index (κ2) is 5.66. The predicted octanol–water partition coefficient (Wildman–Crippen LogP) is 2.23. The average molecular weight is 225 g/mol. The van der Waals surface area contributed by atoms with Crippen molar-refractivity contribution in [3.63, 3.8) is 0 Å². The molecule has 82 valence electrons. The van der Waals surface area contributed by atoms with E-state index in [9.17, 15) is 4.79 Å². The summed E-state index contributed by atoms with van der Waals surface area (Å²) in [5, 5.41) is 0. The van der Waals surface area contributed by atoms with Gasteiger partial charge in [-0.3, -0.25) is 4.79 Å². The lowest BCUT2D eigenvalue weighted by Crippen LogP contribution is -2.06. The monoisotopic (exact) mass is 225 g/mol. The van der Waals surface area contributed by atoms with Crippen molar-refractivity contribution in [2.45, 2.75) is 18.7 Å². The quantitative estimate of drug-likeness (QED) is 0.485. The van der Waals surface area contributed by atoms with Gasteiger partial charge >= 0.3 is 5.97 Å². The van der Waals surface area contributed by atoms with Crippen molar-refractivity contribution in [1.29, 1.82) is 0 Å². The Hall–Kier alpha value is -1.16. The number of carbonyl (C=O) groups excluding carboxylic acids is 1. The normalized spacial score (nSPS) is 10.0. The molecule has 0 saturated carbocycles. The van der Waals surface area contributed by atoms with E-state index >= 15 is 0 Å². The lowest BCUT2D eigenvalue weighted by molar-refractivity contribution is -0.139. The van der Waals surface area contributed by atoms with E-state index < -0.39 is 0 Å². The number of anilines is 1. The molecule has 15 heavy (non-hydrogen) atoms. The van der Waals surface area contributed by atoms with Crippen molar-refractivity contribution < 1.29 is 9.53 Å². The number of benzene rings is 1. The van der Waals surface area contributed by atoms with Crippen LogP contribution in [0.4, 0.5) is 5.69 Å². The second-order valence-corrected chi connectivity index (χ2v) is 4.22. The molecule has 1 aromatic rings. The minimum absolute atomic E-state index is 0.192. The Morgan fingerprint density at radius 3 is 2.80 bits per heavy atom. The molecule has 0 spiro atoms. The van der Waals surface area contributed by atoms with Gasteiger partial charge in [0.25, 0.3) is 0 Å². The maximum atomic E-state index is 11.1. The molecule has 0 radical (unpaired) electrons. The molecule has 0 saturated heterocycles. The van der Waals surface area contributed by atoms with Crippen LogP contribution >= 0.6 is 11.8 Å². The molecule has 4 heteroatoms. The van der Waals surface area contributed by atoms with Gasteiger partial charge in [-0.2, -0.15) is 0 Å². The number of esters is 1. The van der Waals surface area contributed by atoms with Gasteiger partial charge in [-0.1, -0.05) is 0 Å². The smallest absolute Gasteiger partial charge is 0.316 e. The number of hydrogen-bond acceptors (Lipinski definition) is 4. The zero-order chi connectivity index (χ0) is 11.3. The Morgan fingerprint density at radius 1 is 1.47 bits per heavy atom. The molecule has 0 aliphatic rings. The summed E-state index contributed by atoms with van der Waals surface area (Å²) in [6, 6.07) is 5.76. The van der Waals surface area contributed by atoms with Crippen molar-refractivity contribution >= 4 is 23.4 Å². The van der Waals surface area contributed by atoms with Crippen LogP contribution in [0.5, 0.6) is 0 Å². The van der Waals surface area contributed by atoms with Crippen LogP contribution in [0.25, 0.3) is 0 Å². The molecule has 0 aliphatic heterocycles. The molecule has 0 fully saturated rings. The molecule has 1 rings (SSSR count). The number of rotatable bonds is 4. The first-order chi connectivity index (χ1) is 7.11. The third-order valence-corrected chi connectivity index (χ3v) is 2.68. The van der Waals surface area contributed by atoms with Gasteiger partial charge in [-0.15, -0.1) is 11.8 Å². The molecule has 3 nitrogen and oxygen atoms in total. The highest BCUT2D eigenvalue weighted by Gasteiger charge is 2.03. The van der Waals surface area contributed by atoms with Crippen LogP contribution in [0.3, 0.4) is 0 Å². The number of aryl methyl sites for hydroxylation is 1. The molecule has 0 aliphatic carbocycles. The van der Waals surface area contributed by atoms with Gasteiger partial charge in [0, 0.05) is 10.6 Å². The summed E-state index contributed by atoms with van der Waals surface area (Å²) in [6.07, 6.45) is 0. The van der Waals surface area contributed by atoms with E-state index in [4.69, 9.17) is 10.5 Å². The average Bonchev–Trinajstić information content (AvgIpc) is 2.14. The van der Waals surface area contributed by atoms with Crippen LogP contribution in [0, 0.1) is 6.92 Å². The van der Waals surface area contributed by atoms with E-state index in [0.717, 1.165) is 16.1 Å². The van der Waals surface area contributed by atoms with Gasteiger partial charge in [0.15, 0.2) is 0 Å². The molecular weight excluding hydrogens is 210 g/mol. The standard InChI is InChI=1S/C11H15NO2S/c1-3-14-11(13)7-15-10-5-8(2)4-9(12)6-10/h4-6H,3,7,12H2,1-2H3. The lowest BCUT2D eigenvalue weighted by atomic mass is 10.2. The Balaban J connectivity index is 2.54. The number of nitrogens with two attached hydrogens (primary N) is 1. The van der Waals surface area contributed by atoms with E-state index in [2.05, 4.69) is 0 Å². The van der Waals surface area contributed by atoms with Crippen LogP contribution in [0.2, 0.25) is 0 Å². The van der Waals surface area contributed by atoms with Crippen molar-refractivity contribution in [3.05, 3.63) is 23.8 Å². The highest BCUT2D eigenvalue weighted by molar-refractivity contribution is 8.00. The van der Waals surface area contributed by atoms with Gasteiger partial charge in [-0.05, 0) is 37.6 Å². The van der Waals surface area contributed by atoms with Crippen LogP contribution < -0.4 is 5.73 Å². The largest absolute Gasteiger partial charge is 0.465 e. The van der Waals surface area contributed by atoms with E-state index in [1.165, 1.54) is 11.8 Å². The molecule has 0 aromatic heterocycles. The number of nitrogen functional groups attached to an aromatic ring is 1. The Morgan fingerprint density at radius 2 is 2.20 bits per heavy atom. The molecule has 1 aromatic carbocycles. The minimum Gasteiger partial charge on any atom is -0.465 e. The summed E-state index contributed by atoms with van der Waals surface area (Å²) in [5.41, 5.74) is 7.52. The molecule has 0 amide bonds. The summed E-state index contributed by atoms with van der Waals surface area (Å²) in [4.78, 5) is 12.1. The number of thioether (sulfide) groups is 1. The zero-order valence-electron chi connectivity index (χ0n) is 8.95. The van der Waals surface area contributed by atoms with Crippen molar-refractivity contribution in [3.8, 4) is 0 Å². The zero-order valence-corrected chi connectivity index (χ0v) is 9.76. The molecule has 0 unspecified atom stereocenters. The molecule has 0 atom stereocenters. The van der Waals surface area contributed by atoms with Crippen molar-refractivity contribution in [1.82, 2.24) is 0 Å². The number of ether oxygens (including phenoxy) is 1. The SMILES string of the molecule is CCOC(=O)CSc1cc(C)cc(N)c1. The topological polar surface area (TPSA) is 52.3 Å². The van der Waals surface area contributed by atoms with Crippen LogP contribution in [-0.2, 0) is 9.53 Å². The molecule has 0 bridgehead atoms. The second-order valence-electron chi connectivity index (χ2n) is 3.17. The van der Waals surface area contributed by atoms with E-state index in [-0.39, 0.29) is 5.97 Å². The fourth-order valence-electron chi connectivity index (χ4n) is 1.20. The maximum absolute atomic E-state index is 11.1. The summed E-state index contributed by atoms with van der Waals surface area (Å²) in [6.45, 7) is 4.20. The fourth-order valence-corrected chi connectivity index (χ4v) is 2.06. The number of hydrogen-bond donors (Lipinski definition) is 1.